The van der Waals surface area contributed by atoms with Gasteiger partial charge in [0.1, 0.15) is 6.04 Å². The van der Waals surface area contributed by atoms with E-state index in [0.29, 0.717) is 0 Å². The molecular formula is C13H11ClF3N3O3S. The van der Waals surface area contributed by atoms with E-state index in [1.807, 2.05) is 5.10 Å². The lowest BCUT2D eigenvalue weighted by atomic mass is 10.1. The Labute approximate surface area is 139 Å². The third-order valence-electron chi connectivity index (χ3n) is 3.16. The van der Waals surface area contributed by atoms with Crippen LogP contribution in [0.4, 0.5) is 13.2 Å². The van der Waals surface area contributed by atoms with Crippen LogP contribution in [0.2, 0.25) is 5.02 Å². The van der Waals surface area contributed by atoms with E-state index >= 15 is 0 Å². The zero-order valence-electron chi connectivity index (χ0n) is 12.1. The van der Waals surface area contributed by atoms with Gasteiger partial charge in [-0.05, 0) is 23.8 Å². The van der Waals surface area contributed by atoms with Gasteiger partial charge < -0.3 is 0 Å². The van der Waals surface area contributed by atoms with Gasteiger partial charge in [0.15, 0.2) is 5.03 Å². The van der Waals surface area contributed by atoms with Gasteiger partial charge in [0.05, 0.1) is 0 Å². The summed E-state index contributed by atoms with van der Waals surface area (Å²) < 4.78 is 65.3. The molecule has 1 atom stereocenters. The third-order valence-corrected chi connectivity index (χ3v) is 5.13. The van der Waals surface area contributed by atoms with Gasteiger partial charge in [-0.25, -0.2) is 13.5 Å². The quantitative estimate of drug-likeness (QED) is 0.881. The van der Waals surface area contributed by atoms with E-state index in [2.05, 4.69) is 5.10 Å². The van der Waals surface area contributed by atoms with Crippen LogP contribution in [0.3, 0.4) is 0 Å². The zero-order chi connectivity index (χ0) is 18.1. The molecular weight excluding hydrogens is 371 g/mol. The van der Waals surface area contributed by atoms with E-state index in [1.54, 1.807) is 0 Å². The van der Waals surface area contributed by atoms with Crippen LogP contribution < -0.4 is 5.56 Å². The van der Waals surface area contributed by atoms with E-state index in [-0.39, 0.29) is 14.9 Å². The van der Waals surface area contributed by atoms with E-state index in [0.717, 1.165) is 31.3 Å². The van der Waals surface area contributed by atoms with Gasteiger partial charge in [-0.15, -0.1) is 0 Å². The number of nitrogens with zero attached hydrogens (tertiary/aromatic N) is 2. The molecule has 0 aliphatic carbocycles. The molecule has 1 aromatic carbocycles. The Kier molecular flexibility index (Phi) is 5.02. The van der Waals surface area contributed by atoms with Crippen molar-refractivity contribution in [1.29, 1.82) is 0 Å². The van der Waals surface area contributed by atoms with Crippen LogP contribution >= 0.6 is 11.6 Å². The Morgan fingerprint density at radius 1 is 1.17 bits per heavy atom. The summed E-state index contributed by atoms with van der Waals surface area (Å²) in [6.07, 6.45) is -4.88. The highest BCUT2D eigenvalue weighted by molar-refractivity contribution is 7.89. The first-order chi connectivity index (χ1) is 11.0. The minimum absolute atomic E-state index is 0.150. The summed E-state index contributed by atoms with van der Waals surface area (Å²) in [4.78, 5) is 10.9. The largest absolute Gasteiger partial charge is 0.409 e. The maximum absolute atomic E-state index is 13.4. The molecule has 11 heteroatoms. The lowest BCUT2D eigenvalue weighted by molar-refractivity contribution is -0.171. The molecule has 1 N–H and O–H groups in total. The van der Waals surface area contributed by atoms with Crippen molar-refractivity contribution in [3.63, 3.8) is 0 Å². The fourth-order valence-electron chi connectivity index (χ4n) is 2.01. The van der Waals surface area contributed by atoms with Gasteiger partial charge in [0.2, 0.25) is 0 Å². The zero-order valence-corrected chi connectivity index (χ0v) is 13.7. The Bertz CT molecular complexity index is 861. The van der Waals surface area contributed by atoms with Gasteiger partial charge in [-0.1, -0.05) is 23.7 Å². The summed E-state index contributed by atoms with van der Waals surface area (Å²) in [5.74, 6) is 0. The minimum Gasteiger partial charge on any atom is -0.268 e. The minimum atomic E-state index is -4.88. The summed E-state index contributed by atoms with van der Waals surface area (Å²) in [6.45, 7) is 0. The second-order valence-corrected chi connectivity index (χ2v) is 7.16. The smallest absolute Gasteiger partial charge is 0.268 e. The molecule has 1 heterocycles. The number of hydrogen-bond acceptors (Lipinski definition) is 4. The molecule has 2 rings (SSSR count). The highest BCUT2D eigenvalue weighted by Gasteiger charge is 2.48. The fraction of sp³-hybridized carbons (Fsp3) is 0.231. The molecule has 0 saturated carbocycles. The first-order valence-corrected chi connectivity index (χ1v) is 8.21. The summed E-state index contributed by atoms with van der Waals surface area (Å²) >= 11 is 5.65. The molecule has 0 saturated heterocycles. The number of sulfonamides is 1. The van der Waals surface area contributed by atoms with Crippen LogP contribution in [-0.2, 0) is 10.0 Å². The monoisotopic (exact) mass is 381 g/mol. The molecule has 0 radical (unpaired) electrons. The topological polar surface area (TPSA) is 83.1 Å². The molecule has 2 aromatic rings. The van der Waals surface area contributed by atoms with Crippen molar-refractivity contribution in [2.24, 2.45) is 0 Å². The van der Waals surface area contributed by atoms with Crippen molar-refractivity contribution in [2.75, 3.05) is 7.05 Å². The van der Waals surface area contributed by atoms with Gasteiger partial charge in [0, 0.05) is 18.1 Å². The molecule has 0 fully saturated rings. The van der Waals surface area contributed by atoms with Crippen LogP contribution in [0.1, 0.15) is 11.6 Å². The predicted octanol–water partition coefficient (Wildman–Crippen LogP) is 2.35. The van der Waals surface area contributed by atoms with Crippen LogP contribution in [0, 0.1) is 0 Å². The predicted molar refractivity (Wildman–Crippen MR) is 80.1 cm³/mol. The third kappa shape index (κ3) is 3.77. The summed E-state index contributed by atoms with van der Waals surface area (Å²) in [6, 6.07) is 3.90. The molecule has 1 unspecified atom stereocenters. The molecule has 0 aliphatic rings. The Morgan fingerprint density at radius 2 is 1.75 bits per heavy atom. The number of alkyl halides is 3. The Balaban J connectivity index is 2.51. The number of H-pyrrole nitrogens is 1. The average Bonchev–Trinajstić information content (AvgIpc) is 2.48. The molecule has 6 nitrogen and oxygen atoms in total. The summed E-state index contributed by atoms with van der Waals surface area (Å²) in [7, 11) is -3.81. The molecule has 0 bridgehead atoms. The van der Waals surface area contributed by atoms with Gasteiger partial charge in [-0.3, -0.25) is 4.79 Å². The van der Waals surface area contributed by atoms with Crippen LogP contribution in [0.15, 0.2) is 46.2 Å². The van der Waals surface area contributed by atoms with Gasteiger partial charge >= 0.3 is 6.18 Å². The van der Waals surface area contributed by atoms with E-state index < -0.39 is 32.8 Å². The standard InChI is InChI=1S/C13H11ClF3N3O3S/c1-20(24(22,23)11-7-6-10(21)18-19-11)12(13(15,16)17)8-2-4-9(14)5-3-8/h2-7,12H,1H3,(H,18,21). The lowest BCUT2D eigenvalue weighted by Gasteiger charge is -2.29. The summed E-state index contributed by atoms with van der Waals surface area (Å²) in [5, 5.41) is 4.68. The van der Waals surface area contributed by atoms with Crippen LogP contribution in [0.25, 0.3) is 0 Å². The van der Waals surface area contributed by atoms with Crippen molar-refractivity contribution in [1.82, 2.24) is 14.5 Å². The number of aromatic nitrogens is 2. The SMILES string of the molecule is CN(C(c1ccc(Cl)cc1)C(F)(F)F)S(=O)(=O)c1ccc(=O)[nH]n1. The number of hydrogen-bond donors (Lipinski definition) is 1. The van der Waals surface area contributed by atoms with Crippen molar-refractivity contribution in [2.45, 2.75) is 17.2 Å². The van der Waals surface area contributed by atoms with Crippen molar-refractivity contribution in [3.8, 4) is 0 Å². The summed E-state index contributed by atoms with van der Waals surface area (Å²) in [5.41, 5.74) is -0.982. The maximum Gasteiger partial charge on any atom is 0.409 e. The van der Waals surface area contributed by atoms with Gasteiger partial charge in [-0.2, -0.15) is 22.6 Å². The normalized spacial score (nSPS) is 13.9. The van der Waals surface area contributed by atoms with Crippen LogP contribution in [0.5, 0.6) is 0 Å². The highest BCUT2D eigenvalue weighted by Crippen LogP contribution is 2.39. The second-order valence-electron chi connectivity index (χ2n) is 4.78. The maximum atomic E-state index is 13.4. The molecule has 24 heavy (non-hydrogen) atoms. The first kappa shape index (κ1) is 18.4. The molecule has 0 spiro atoms. The Hall–Kier alpha value is -1.91. The second kappa shape index (κ2) is 6.54. The molecule has 1 aromatic heterocycles. The molecule has 0 amide bonds. The number of aromatic amines is 1. The average molecular weight is 382 g/mol. The van der Waals surface area contributed by atoms with Gasteiger partial charge in [0.25, 0.3) is 15.6 Å². The number of halogens is 4. The lowest BCUT2D eigenvalue weighted by Crippen LogP contribution is -2.40. The fourth-order valence-corrected chi connectivity index (χ4v) is 3.35. The number of benzene rings is 1. The van der Waals surface area contributed by atoms with Crippen molar-refractivity contribution < 1.29 is 21.6 Å². The van der Waals surface area contributed by atoms with E-state index in [1.165, 1.54) is 12.1 Å². The molecule has 130 valence electrons. The first-order valence-electron chi connectivity index (χ1n) is 6.39. The highest BCUT2D eigenvalue weighted by atomic mass is 35.5. The number of nitrogens with one attached hydrogen (secondary N) is 1. The van der Waals surface area contributed by atoms with E-state index in [9.17, 15) is 26.4 Å². The molecule has 0 aliphatic heterocycles. The van der Waals surface area contributed by atoms with Crippen LogP contribution in [-0.4, -0.2) is 36.1 Å². The van der Waals surface area contributed by atoms with E-state index in [4.69, 9.17) is 11.6 Å². The van der Waals surface area contributed by atoms with Crippen molar-refractivity contribution in [3.05, 3.63) is 57.3 Å². The van der Waals surface area contributed by atoms with Crippen molar-refractivity contribution >= 4 is 21.6 Å². The number of rotatable bonds is 4. The Morgan fingerprint density at radius 3 is 2.21 bits per heavy atom.